The molecule has 0 aliphatic rings. The number of hydrogen-bond donors (Lipinski definition) is 0. The molecule has 0 heterocycles. The first kappa shape index (κ1) is 30.3. The summed E-state index contributed by atoms with van der Waals surface area (Å²) in [7, 11) is -1.11. The van der Waals surface area contributed by atoms with Crippen molar-refractivity contribution in [3.05, 3.63) is 145 Å². The second kappa shape index (κ2) is 15.4. The van der Waals surface area contributed by atoms with Gasteiger partial charge in [0, 0.05) is 0 Å². The molecule has 180 valence electrons. The maximum absolute atomic E-state index is 2.27. The van der Waals surface area contributed by atoms with E-state index in [9.17, 15) is 0 Å². The van der Waals surface area contributed by atoms with E-state index in [1.807, 2.05) is 0 Å². The van der Waals surface area contributed by atoms with E-state index in [0.29, 0.717) is 0 Å². The van der Waals surface area contributed by atoms with Gasteiger partial charge in [0.15, 0.2) is 0 Å². The summed E-state index contributed by atoms with van der Waals surface area (Å²) in [5.41, 5.74) is 2.70. The molecule has 0 saturated carbocycles. The zero-order chi connectivity index (χ0) is 23.8. The van der Waals surface area contributed by atoms with Crippen molar-refractivity contribution in [1.82, 2.24) is 0 Å². The number of aryl methyl sites for hydroxylation is 2. The molecular weight excluding hydrogens is 619 g/mol. The monoisotopic (exact) mass is 646 g/mol. The van der Waals surface area contributed by atoms with Crippen LogP contribution < -0.4 is 33.6 Å². The number of halogens is 2. The SMILES string of the molecule is Cc1cc2ccccc2[cH-]1.Cc1cc2ccccc2[cH-]1.[Cl-].[Cl-].[Zr+2]=[Ge]([c]1ccccc1)[c]1ccccc1. The normalized spacial score (nSPS) is 9.67. The van der Waals surface area contributed by atoms with Crippen molar-refractivity contribution in [3.8, 4) is 0 Å². The van der Waals surface area contributed by atoms with Crippen LogP contribution in [-0.4, -0.2) is 9.98 Å². The quantitative estimate of drug-likeness (QED) is 0.195. The Kier molecular flexibility index (Phi) is 13.0. The second-order valence-corrected chi connectivity index (χ2v) is 18.8. The van der Waals surface area contributed by atoms with Gasteiger partial charge in [-0.25, -0.2) is 0 Å². The summed E-state index contributed by atoms with van der Waals surface area (Å²) in [5.74, 6) is 0. The summed E-state index contributed by atoms with van der Waals surface area (Å²) in [6, 6.07) is 47.5. The van der Waals surface area contributed by atoms with Crippen molar-refractivity contribution in [1.29, 1.82) is 0 Å². The zero-order valence-electron chi connectivity index (χ0n) is 20.5. The van der Waals surface area contributed by atoms with Gasteiger partial charge in [-0.1, -0.05) is 26.0 Å². The Morgan fingerprint density at radius 3 is 1.19 bits per heavy atom. The van der Waals surface area contributed by atoms with Crippen LogP contribution in [0.5, 0.6) is 0 Å². The molecule has 4 heteroatoms. The van der Waals surface area contributed by atoms with Crippen LogP contribution in [-0.2, 0) is 21.6 Å². The first-order valence-corrected chi connectivity index (χ1v) is 21.1. The Morgan fingerprint density at radius 2 is 0.833 bits per heavy atom. The second-order valence-electron chi connectivity index (χ2n) is 8.43. The third-order valence-corrected chi connectivity index (χ3v) is 16.8. The van der Waals surface area contributed by atoms with Gasteiger partial charge < -0.3 is 24.8 Å². The minimum absolute atomic E-state index is 0. The van der Waals surface area contributed by atoms with E-state index in [2.05, 4.69) is 147 Å². The first-order chi connectivity index (χ1) is 16.6. The Hall–Kier alpha value is -1.89. The van der Waals surface area contributed by atoms with Gasteiger partial charge >= 0.3 is 101 Å². The van der Waals surface area contributed by atoms with Gasteiger partial charge in [0.1, 0.15) is 0 Å². The van der Waals surface area contributed by atoms with Gasteiger partial charge in [-0.2, -0.15) is 12.1 Å². The van der Waals surface area contributed by atoms with Gasteiger partial charge in [0.2, 0.25) is 0 Å². The van der Waals surface area contributed by atoms with E-state index in [1.165, 1.54) is 32.7 Å². The molecule has 0 fully saturated rings. The third-order valence-electron chi connectivity index (χ3n) is 5.65. The molecule has 0 bridgehead atoms. The first-order valence-electron chi connectivity index (χ1n) is 11.5. The molecule has 0 nitrogen and oxygen atoms in total. The van der Waals surface area contributed by atoms with E-state index >= 15 is 0 Å². The van der Waals surface area contributed by atoms with Crippen LogP contribution in [0.1, 0.15) is 11.1 Å². The van der Waals surface area contributed by atoms with E-state index in [0.717, 1.165) is 0 Å². The molecule has 0 spiro atoms. The molecule has 0 aliphatic heterocycles. The standard InChI is InChI=1S/C12H10Ge.2C10H9.2ClH.Zr/c1-3-7-11(8-4-1)13-12-9-5-2-6-10-12;2*1-8-6-9-4-2-3-5-10(9)7-8;;;/h1-10H;2*2-7H,1H3;2*1H;/q;2*-1;;;+2/p-2. The van der Waals surface area contributed by atoms with Gasteiger partial charge in [-0.3, -0.25) is 0 Å². The zero-order valence-corrected chi connectivity index (χ0v) is 26.5. The number of hydrogen-bond acceptors (Lipinski definition) is 0. The van der Waals surface area contributed by atoms with E-state index in [4.69, 9.17) is 0 Å². The van der Waals surface area contributed by atoms with Crippen molar-refractivity contribution < 1.29 is 46.4 Å². The van der Waals surface area contributed by atoms with Crippen LogP contribution in [0, 0.1) is 13.8 Å². The predicted octanol–water partition coefficient (Wildman–Crippen LogP) is 1.08. The van der Waals surface area contributed by atoms with E-state index in [1.54, 1.807) is 30.4 Å². The molecule has 36 heavy (non-hydrogen) atoms. The molecule has 6 aromatic rings. The average Bonchev–Trinajstić information content (AvgIpc) is 3.46. The summed E-state index contributed by atoms with van der Waals surface area (Å²) in [5, 5.41) is 5.39. The Morgan fingerprint density at radius 1 is 0.500 bits per heavy atom. The Bertz CT molecular complexity index is 1300. The summed E-state index contributed by atoms with van der Waals surface area (Å²) in [4.78, 5) is 0. The van der Waals surface area contributed by atoms with E-state index < -0.39 is 9.98 Å². The maximum atomic E-state index is 2.27. The van der Waals surface area contributed by atoms with Crippen LogP contribution in [0.2, 0.25) is 0 Å². The number of rotatable bonds is 2. The van der Waals surface area contributed by atoms with Crippen LogP contribution in [0.15, 0.2) is 133 Å². The minimum atomic E-state index is -1.11. The summed E-state index contributed by atoms with van der Waals surface area (Å²) >= 11 is 1.71. The van der Waals surface area contributed by atoms with E-state index in [-0.39, 0.29) is 24.8 Å². The summed E-state index contributed by atoms with van der Waals surface area (Å²) in [6.45, 7) is 4.25. The van der Waals surface area contributed by atoms with Crippen molar-refractivity contribution in [2.75, 3.05) is 0 Å². The van der Waals surface area contributed by atoms with Crippen molar-refractivity contribution >= 4 is 40.3 Å². The summed E-state index contributed by atoms with van der Waals surface area (Å²) in [6.07, 6.45) is 0. The van der Waals surface area contributed by atoms with Crippen LogP contribution in [0.25, 0.3) is 21.5 Å². The fraction of sp³-hybridized carbons (Fsp3) is 0.0625. The third kappa shape index (κ3) is 8.60. The molecule has 0 aromatic heterocycles. The van der Waals surface area contributed by atoms with Crippen LogP contribution in [0.3, 0.4) is 0 Å². The molecule has 0 N–H and O–H groups in total. The van der Waals surface area contributed by atoms with Crippen LogP contribution in [0.4, 0.5) is 0 Å². The molecule has 0 amide bonds. The fourth-order valence-corrected chi connectivity index (χ4v) is 11.2. The summed E-state index contributed by atoms with van der Waals surface area (Å²) < 4.78 is 3.16. The van der Waals surface area contributed by atoms with Crippen molar-refractivity contribution in [2.24, 2.45) is 0 Å². The van der Waals surface area contributed by atoms with Gasteiger partial charge in [-0.05, 0) is 0 Å². The average molecular weight is 647 g/mol. The molecule has 0 atom stereocenters. The predicted molar refractivity (Wildman–Crippen MR) is 146 cm³/mol. The topological polar surface area (TPSA) is 0 Å². The van der Waals surface area contributed by atoms with Crippen molar-refractivity contribution in [3.63, 3.8) is 0 Å². The molecule has 0 unspecified atom stereocenters. The molecule has 0 saturated heterocycles. The van der Waals surface area contributed by atoms with Gasteiger partial charge in [-0.15, -0.1) is 81.2 Å². The molecular formula is C32H28Cl2GeZr-2. The van der Waals surface area contributed by atoms with Gasteiger partial charge in [0.05, 0.1) is 0 Å². The molecule has 0 radical (unpaired) electrons. The van der Waals surface area contributed by atoms with Crippen LogP contribution >= 0.6 is 0 Å². The molecule has 6 rings (SSSR count). The van der Waals surface area contributed by atoms with Crippen molar-refractivity contribution in [2.45, 2.75) is 13.8 Å². The Labute approximate surface area is 243 Å². The number of benzene rings is 4. The molecule has 0 aliphatic carbocycles. The Balaban J connectivity index is 0.000000188. The fourth-order valence-electron chi connectivity index (χ4n) is 3.99. The number of fused-ring (bicyclic) bond motifs is 2. The molecule has 6 aromatic carbocycles. The van der Waals surface area contributed by atoms with Gasteiger partial charge in [0.25, 0.3) is 0 Å².